The number of carbonyl (C=O) groups is 1. The van der Waals surface area contributed by atoms with E-state index < -0.39 is 0 Å². The Labute approximate surface area is 72.2 Å². The average molecular weight is 170 g/mol. The minimum absolute atomic E-state index is 0.260. The Morgan fingerprint density at radius 2 is 2.42 bits per heavy atom. The molecule has 1 amide bonds. The van der Waals surface area contributed by atoms with E-state index in [1.807, 2.05) is 6.92 Å². The Balaban J connectivity index is 2.35. The summed E-state index contributed by atoms with van der Waals surface area (Å²) in [6, 6.07) is 0. The summed E-state index contributed by atoms with van der Waals surface area (Å²) in [6.07, 6.45) is 0.653. The van der Waals surface area contributed by atoms with Crippen LogP contribution in [0.15, 0.2) is 4.99 Å². The summed E-state index contributed by atoms with van der Waals surface area (Å²) >= 11 is 0. The van der Waals surface area contributed by atoms with Crippen molar-refractivity contribution in [1.29, 1.82) is 0 Å². The van der Waals surface area contributed by atoms with Crippen LogP contribution < -0.4 is 0 Å². The molecule has 1 rings (SSSR count). The second-order valence-corrected chi connectivity index (χ2v) is 2.62. The molecule has 1 heterocycles. The van der Waals surface area contributed by atoms with E-state index in [1.165, 1.54) is 0 Å². The first kappa shape index (κ1) is 9.03. The number of rotatable bonds is 2. The Hall–Kier alpha value is -1.06. The lowest BCUT2D eigenvalue weighted by atomic mass is 10.3. The predicted octanol–water partition coefficient (Wildman–Crippen LogP) is 1.27. The quantitative estimate of drug-likeness (QED) is 0.626. The van der Waals surface area contributed by atoms with Crippen molar-refractivity contribution in [3.8, 4) is 0 Å². The van der Waals surface area contributed by atoms with Crippen molar-refractivity contribution < 1.29 is 9.53 Å². The van der Waals surface area contributed by atoms with Crippen LogP contribution in [0.3, 0.4) is 0 Å². The summed E-state index contributed by atoms with van der Waals surface area (Å²) < 4.78 is 4.83. The Bertz CT molecular complexity index is 201. The van der Waals surface area contributed by atoms with E-state index in [2.05, 4.69) is 4.99 Å². The summed E-state index contributed by atoms with van der Waals surface area (Å²) in [6.45, 7) is 5.36. The molecule has 0 radical (unpaired) electrons. The van der Waals surface area contributed by atoms with Gasteiger partial charge in [-0.1, -0.05) is 6.92 Å². The van der Waals surface area contributed by atoms with Crippen molar-refractivity contribution in [1.82, 2.24) is 4.90 Å². The van der Waals surface area contributed by atoms with Crippen molar-refractivity contribution in [2.24, 2.45) is 4.99 Å². The molecule has 4 nitrogen and oxygen atoms in total. The van der Waals surface area contributed by atoms with Gasteiger partial charge in [-0.15, -0.1) is 0 Å². The third-order valence-electron chi connectivity index (χ3n) is 1.77. The maximum Gasteiger partial charge on any atom is 0.411 e. The summed E-state index contributed by atoms with van der Waals surface area (Å²) in [5.41, 5.74) is 1.07. The maximum absolute atomic E-state index is 11.1. The molecule has 1 aliphatic heterocycles. The zero-order valence-electron chi connectivity index (χ0n) is 7.54. The monoisotopic (exact) mass is 170 g/mol. The molecule has 4 heteroatoms. The second kappa shape index (κ2) is 4.09. The highest BCUT2D eigenvalue weighted by Crippen LogP contribution is 2.04. The second-order valence-electron chi connectivity index (χ2n) is 2.62. The molecule has 1 aliphatic rings. The Morgan fingerprint density at radius 3 is 2.92 bits per heavy atom. The van der Waals surface area contributed by atoms with Gasteiger partial charge in [0.25, 0.3) is 0 Å². The molecule has 12 heavy (non-hydrogen) atoms. The number of hydrogen-bond donors (Lipinski definition) is 0. The van der Waals surface area contributed by atoms with Gasteiger partial charge >= 0.3 is 6.09 Å². The highest BCUT2D eigenvalue weighted by Gasteiger charge is 2.20. The molecule has 0 bridgehead atoms. The summed E-state index contributed by atoms with van der Waals surface area (Å²) in [5, 5.41) is 0. The van der Waals surface area contributed by atoms with Crippen LogP contribution in [0, 0.1) is 0 Å². The van der Waals surface area contributed by atoms with Crippen molar-refractivity contribution in [3.05, 3.63) is 0 Å². The number of ether oxygens (including phenoxy) is 1. The molecule has 0 aliphatic carbocycles. The van der Waals surface area contributed by atoms with Crippen LogP contribution in [-0.2, 0) is 4.74 Å². The minimum atomic E-state index is -0.260. The van der Waals surface area contributed by atoms with E-state index in [0.717, 1.165) is 12.1 Å². The lowest BCUT2D eigenvalue weighted by molar-refractivity contribution is 0.116. The number of nitrogens with zero attached hydrogens (tertiary/aromatic N) is 2. The average Bonchev–Trinajstić information content (AvgIpc) is 2.52. The third-order valence-corrected chi connectivity index (χ3v) is 1.77. The molecular weight excluding hydrogens is 156 g/mol. The molecule has 68 valence electrons. The minimum Gasteiger partial charge on any atom is -0.450 e. The fraction of sp³-hybridized carbons (Fsp3) is 0.750. The lowest BCUT2D eigenvalue weighted by Crippen LogP contribution is -2.30. The van der Waals surface area contributed by atoms with Gasteiger partial charge in [0.05, 0.1) is 13.2 Å². The Kier molecular flexibility index (Phi) is 3.08. The molecule has 0 spiro atoms. The van der Waals surface area contributed by atoms with Crippen LogP contribution in [0.25, 0.3) is 0 Å². The largest absolute Gasteiger partial charge is 0.450 e. The molecule has 0 N–H and O–H groups in total. The molecule has 0 fully saturated rings. The zero-order chi connectivity index (χ0) is 8.97. The standard InChI is InChI=1S/C8H14N2O2/c1-3-7-5-10(6-9-7)8(11)12-4-2/h3-6H2,1-2H3. The van der Waals surface area contributed by atoms with Gasteiger partial charge in [0.2, 0.25) is 0 Å². The van der Waals surface area contributed by atoms with Crippen molar-refractivity contribution in [2.45, 2.75) is 20.3 Å². The fourth-order valence-electron chi connectivity index (χ4n) is 1.07. The number of amides is 1. The van der Waals surface area contributed by atoms with E-state index in [-0.39, 0.29) is 6.09 Å². The molecule has 0 saturated carbocycles. The van der Waals surface area contributed by atoms with Gasteiger partial charge in [0, 0.05) is 5.71 Å². The van der Waals surface area contributed by atoms with Crippen LogP contribution in [0.4, 0.5) is 4.79 Å². The number of aliphatic imine (C=N–C) groups is 1. The van der Waals surface area contributed by atoms with E-state index >= 15 is 0 Å². The molecule has 0 aromatic heterocycles. The fourth-order valence-corrected chi connectivity index (χ4v) is 1.07. The molecular formula is C8H14N2O2. The first-order valence-corrected chi connectivity index (χ1v) is 4.21. The molecule has 0 aromatic carbocycles. The van der Waals surface area contributed by atoms with E-state index in [0.29, 0.717) is 19.8 Å². The topological polar surface area (TPSA) is 41.9 Å². The van der Waals surface area contributed by atoms with E-state index in [1.54, 1.807) is 11.8 Å². The SMILES string of the molecule is CCOC(=O)N1CN=C(CC)C1. The van der Waals surface area contributed by atoms with Gasteiger partial charge in [0.1, 0.15) is 6.67 Å². The van der Waals surface area contributed by atoms with Crippen molar-refractivity contribution in [3.63, 3.8) is 0 Å². The van der Waals surface area contributed by atoms with Crippen LogP contribution in [0.1, 0.15) is 20.3 Å². The molecule has 0 atom stereocenters. The molecule has 0 unspecified atom stereocenters. The normalized spacial score (nSPS) is 16.2. The number of hydrogen-bond acceptors (Lipinski definition) is 3. The van der Waals surface area contributed by atoms with E-state index in [4.69, 9.17) is 4.74 Å². The van der Waals surface area contributed by atoms with E-state index in [9.17, 15) is 4.79 Å². The summed E-state index contributed by atoms with van der Waals surface area (Å²) in [5.74, 6) is 0. The van der Waals surface area contributed by atoms with Gasteiger partial charge in [-0.25, -0.2) is 4.79 Å². The van der Waals surface area contributed by atoms with Crippen LogP contribution in [0.5, 0.6) is 0 Å². The van der Waals surface area contributed by atoms with Gasteiger partial charge in [-0.3, -0.25) is 9.89 Å². The van der Waals surface area contributed by atoms with Gasteiger partial charge in [-0.2, -0.15) is 0 Å². The highest BCUT2D eigenvalue weighted by atomic mass is 16.6. The molecule has 0 aromatic rings. The summed E-state index contributed by atoms with van der Waals surface area (Å²) in [7, 11) is 0. The first-order valence-electron chi connectivity index (χ1n) is 4.21. The first-order chi connectivity index (χ1) is 5.77. The van der Waals surface area contributed by atoms with Crippen molar-refractivity contribution >= 4 is 11.8 Å². The van der Waals surface area contributed by atoms with Crippen LogP contribution >= 0.6 is 0 Å². The third kappa shape index (κ3) is 1.96. The highest BCUT2D eigenvalue weighted by molar-refractivity contribution is 5.90. The smallest absolute Gasteiger partial charge is 0.411 e. The van der Waals surface area contributed by atoms with Crippen LogP contribution in [-0.4, -0.2) is 36.5 Å². The van der Waals surface area contributed by atoms with Gasteiger partial charge < -0.3 is 4.74 Å². The van der Waals surface area contributed by atoms with Gasteiger partial charge in [0.15, 0.2) is 0 Å². The van der Waals surface area contributed by atoms with Gasteiger partial charge in [-0.05, 0) is 13.3 Å². The summed E-state index contributed by atoms with van der Waals surface area (Å²) in [4.78, 5) is 16.9. The maximum atomic E-state index is 11.1. The Morgan fingerprint density at radius 1 is 1.67 bits per heavy atom. The number of carbonyl (C=O) groups excluding carboxylic acids is 1. The van der Waals surface area contributed by atoms with Crippen LogP contribution in [0.2, 0.25) is 0 Å². The lowest BCUT2D eigenvalue weighted by Gasteiger charge is -2.13. The van der Waals surface area contributed by atoms with Crippen molar-refractivity contribution in [2.75, 3.05) is 19.8 Å². The predicted molar refractivity (Wildman–Crippen MR) is 46.3 cm³/mol. The molecule has 0 saturated heterocycles. The zero-order valence-corrected chi connectivity index (χ0v) is 7.54.